The minimum atomic E-state index is 0.159. The second kappa shape index (κ2) is 8.82. The summed E-state index contributed by atoms with van der Waals surface area (Å²) < 4.78 is 16.1. The van der Waals surface area contributed by atoms with E-state index in [1.165, 1.54) is 11.8 Å². The van der Waals surface area contributed by atoms with Gasteiger partial charge in [0.15, 0.2) is 13.1 Å². The fourth-order valence-corrected chi connectivity index (χ4v) is 3.12. The van der Waals surface area contributed by atoms with Gasteiger partial charge in [-0.25, -0.2) is 0 Å². The van der Waals surface area contributed by atoms with E-state index in [-0.39, 0.29) is 6.79 Å². The smallest absolute Gasteiger partial charge is 0.188 e. The minimum absolute atomic E-state index is 0.159. The largest absolute Gasteiger partial charge is 0.494 e. The van der Waals surface area contributed by atoms with Gasteiger partial charge >= 0.3 is 0 Å². The SMILES string of the molecule is CCOc1ccc(OCOC)c(Sc2ccc(C=O)c(Cl)c2)c1. The average Bonchev–Trinajstić information content (AvgIpc) is 2.55. The van der Waals surface area contributed by atoms with Gasteiger partial charge in [-0.3, -0.25) is 4.79 Å². The van der Waals surface area contributed by atoms with E-state index in [4.69, 9.17) is 25.8 Å². The van der Waals surface area contributed by atoms with Crippen LogP contribution in [0.2, 0.25) is 5.02 Å². The van der Waals surface area contributed by atoms with Crippen LogP contribution in [0.15, 0.2) is 46.2 Å². The molecule has 4 nitrogen and oxygen atoms in total. The molecule has 0 radical (unpaired) electrons. The van der Waals surface area contributed by atoms with Gasteiger partial charge in [-0.15, -0.1) is 0 Å². The second-order valence-electron chi connectivity index (χ2n) is 4.50. The molecule has 2 aromatic rings. The first-order chi connectivity index (χ1) is 11.2. The molecule has 2 aromatic carbocycles. The monoisotopic (exact) mass is 352 g/mol. The molecule has 0 bridgehead atoms. The van der Waals surface area contributed by atoms with Crippen LogP contribution in [0, 0.1) is 0 Å². The molecule has 2 rings (SSSR count). The minimum Gasteiger partial charge on any atom is -0.494 e. The van der Waals surface area contributed by atoms with Gasteiger partial charge in [-0.2, -0.15) is 0 Å². The molecule has 23 heavy (non-hydrogen) atoms. The highest BCUT2D eigenvalue weighted by Crippen LogP contribution is 2.38. The van der Waals surface area contributed by atoms with Gasteiger partial charge in [0.05, 0.1) is 16.5 Å². The Bertz CT molecular complexity index is 676. The molecule has 0 saturated heterocycles. The predicted octanol–water partition coefficient (Wildman–Crippen LogP) is 4.69. The topological polar surface area (TPSA) is 44.8 Å². The molecule has 0 N–H and O–H groups in total. The van der Waals surface area contributed by atoms with Crippen molar-refractivity contribution in [3.63, 3.8) is 0 Å². The van der Waals surface area contributed by atoms with E-state index in [1.807, 2.05) is 31.2 Å². The Labute approximate surface area is 144 Å². The summed E-state index contributed by atoms with van der Waals surface area (Å²) in [5, 5.41) is 0.422. The maximum absolute atomic E-state index is 10.8. The molecule has 0 aliphatic carbocycles. The molecule has 0 saturated carbocycles. The van der Waals surface area contributed by atoms with Gasteiger partial charge in [-0.1, -0.05) is 23.4 Å². The Morgan fingerprint density at radius 1 is 1.17 bits per heavy atom. The van der Waals surface area contributed by atoms with Crippen LogP contribution in [0.3, 0.4) is 0 Å². The molecular weight excluding hydrogens is 336 g/mol. The lowest BCUT2D eigenvalue weighted by Crippen LogP contribution is -2.00. The molecule has 0 unspecified atom stereocenters. The highest BCUT2D eigenvalue weighted by atomic mass is 35.5. The van der Waals surface area contributed by atoms with Gasteiger partial charge in [-0.05, 0) is 43.3 Å². The van der Waals surface area contributed by atoms with Crippen LogP contribution in [-0.4, -0.2) is 26.8 Å². The molecule has 6 heteroatoms. The first-order valence-corrected chi connectivity index (χ1v) is 8.18. The Kier molecular flexibility index (Phi) is 6.77. The van der Waals surface area contributed by atoms with Gasteiger partial charge < -0.3 is 14.2 Å². The number of carbonyl (C=O) groups excluding carboxylic acids is 1. The van der Waals surface area contributed by atoms with Gasteiger partial charge in [0.1, 0.15) is 11.5 Å². The summed E-state index contributed by atoms with van der Waals surface area (Å²) in [5.74, 6) is 1.45. The van der Waals surface area contributed by atoms with Crippen LogP contribution < -0.4 is 9.47 Å². The Hall–Kier alpha value is -1.69. The van der Waals surface area contributed by atoms with Crippen molar-refractivity contribution in [1.29, 1.82) is 0 Å². The Morgan fingerprint density at radius 2 is 2.00 bits per heavy atom. The van der Waals surface area contributed by atoms with E-state index in [1.54, 1.807) is 19.2 Å². The van der Waals surface area contributed by atoms with E-state index < -0.39 is 0 Å². The van der Waals surface area contributed by atoms with Crippen LogP contribution >= 0.6 is 23.4 Å². The van der Waals surface area contributed by atoms with Crippen LogP contribution in [0.1, 0.15) is 17.3 Å². The van der Waals surface area contributed by atoms with Crippen LogP contribution in [0.4, 0.5) is 0 Å². The maximum atomic E-state index is 10.8. The molecule has 122 valence electrons. The van der Waals surface area contributed by atoms with E-state index in [0.29, 0.717) is 22.9 Å². The maximum Gasteiger partial charge on any atom is 0.188 e. The number of hydrogen-bond acceptors (Lipinski definition) is 5. The summed E-state index contributed by atoms with van der Waals surface area (Å²) in [6.45, 7) is 2.68. The Balaban J connectivity index is 2.29. The Morgan fingerprint density at radius 3 is 2.65 bits per heavy atom. The van der Waals surface area contributed by atoms with Crippen molar-refractivity contribution >= 4 is 29.6 Å². The van der Waals surface area contributed by atoms with Crippen molar-refractivity contribution in [3.8, 4) is 11.5 Å². The van der Waals surface area contributed by atoms with Crippen molar-refractivity contribution in [3.05, 3.63) is 47.0 Å². The van der Waals surface area contributed by atoms with Gasteiger partial charge in [0.2, 0.25) is 0 Å². The van der Waals surface area contributed by atoms with Gasteiger partial charge in [0, 0.05) is 17.6 Å². The lowest BCUT2D eigenvalue weighted by molar-refractivity contribution is 0.0491. The molecular formula is C17H17ClO4S. The first kappa shape index (κ1) is 17.7. The summed E-state index contributed by atoms with van der Waals surface area (Å²) in [6.07, 6.45) is 0.736. The quantitative estimate of drug-likeness (QED) is 0.509. The zero-order chi connectivity index (χ0) is 16.7. The number of benzene rings is 2. The predicted molar refractivity (Wildman–Crippen MR) is 91.1 cm³/mol. The van der Waals surface area contributed by atoms with E-state index in [0.717, 1.165) is 21.8 Å². The number of methoxy groups -OCH3 is 1. The summed E-state index contributed by atoms with van der Waals surface area (Å²) in [7, 11) is 1.57. The molecule has 0 spiro atoms. The standard InChI is InChI=1S/C17H17ClO4S/c1-3-21-13-5-7-16(22-11-20-2)17(8-13)23-14-6-4-12(10-19)15(18)9-14/h4-10H,3,11H2,1-2H3. The summed E-state index contributed by atoms with van der Waals surface area (Å²) in [5.41, 5.74) is 0.468. The molecule has 0 atom stereocenters. The number of hydrogen-bond donors (Lipinski definition) is 0. The van der Waals surface area contributed by atoms with Gasteiger partial charge in [0.25, 0.3) is 0 Å². The number of halogens is 1. The molecule has 0 aliphatic heterocycles. The van der Waals surface area contributed by atoms with E-state index in [9.17, 15) is 4.79 Å². The zero-order valence-corrected chi connectivity index (χ0v) is 14.4. The van der Waals surface area contributed by atoms with Crippen molar-refractivity contribution in [1.82, 2.24) is 0 Å². The average molecular weight is 353 g/mol. The van der Waals surface area contributed by atoms with Crippen LogP contribution in [-0.2, 0) is 4.74 Å². The number of aldehydes is 1. The number of ether oxygens (including phenoxy) is 3. The molecule has 0 aliphatic rings. The highest BCUT2D eigenvalue weighted by Gasteiger charge is 2.10. The van der Waals surface area contributed by atoms with Crippen molar-refractivity contribution < 1.29 is 19.0 Å². The molecule has 0 heterocycles. The highest BCUT2D eigenvalue weighted by molar-refractivity contribution is 7.99. The summed E-state index contributed by atoms with van der Waals surface area (Å²) in [6, 6.07) is 10.9. The zero-order valence-electron chi connectivity index (χ0n) is 12.9. The molecule has 0 amide bonds. The first-order valence-electron chi connectivity index (χ1n) is 6.99. The lowest BCUT2D eigenvalue weighted by Gasteiger charge is -2.13. The molecule has 0 aromatic heterocycles. The third kappa shape index (κ3) is 4.89. The normalized spacial score (nSPS) is 10.4. The third-order valence-electron chi connectivity index (χ3n) is 2.89. The van der Waals surface area contributed by atoms with Crippen molar-refractivity contribution in [2.75, 3.05) is 20.5 Å². The summed E-state index contributed by atoms with van der Waals surface area (Å²) in [4.78, 5) is 12.6. The van der Waals surface area contributed by atoms with Crippen LogP contribution in [0.5, 0.6) is 11.5 Å². The number of rotatable bonds is 8. The molecule has 0 fully saturated rings. The second-order valence-corrected chi connectivity index (χ2v) is 6.02. The fourth-order valence-electron chi connectivity index (χ4n) is 1.86. The van der Waals surface area contributed by atoms with Crippen LogP contribution in [0.25, 0.3) is 0 Å². The van der Waals surface area contributed by atoms with Crippen molar-refractivity contribution in [2.45, 2.75) is 16.7 Å². The lowest BCUT2D eigenvalue weighted by atomic mass is 10.2. The summed E-state index contributed by atoms with van der Waals surface area (Å²) >= 11 is 7.56. The van der Waals surface area contributed by atoms with E-state index in [2.05, 4.69) is 0 Å². The van der Waals surface area contributed by atoms with Crippen molar-refractivity contribution in [2.24, 2.45) is 0 Å². The number of carbonyl (C=O) groups is 1. The third-order valence-corrected chi connectivity index (χ3v) is 4.24. The van der Waals surface area contributed by atoms with E-state index >= 15 is 0 Å². The fraction of sp³-hybridized carbons (Fsp3) is 0.235.